The molecule has 0 radical (unpaired) electrons. The molecule has 6 nitrogen and oxygen atoms in total. The van der Waals surface area contributed by atoms with Gasteiger partial charge in [0.2, 0.25) is 0 Å². The van der Waals surface area contributed by atoms with Gasteiger partial charge in [-0.25, -0.2) is 9.67 Å². The van der Waals surface area contributed by atoms with Crippen LogP contribution in [0.5, 0.6) is 0 Å². The van der Waals surface area contributed by atoms with Gasteiger partial charge in [0, 0.05) is 23.3 Å². The zero-order chi connectivity index (χ0) is 18.5. The highest BCUT2D eigenvalue weighted by atomic mass is 35.5. The van der Waals surface area contributed by atoms with Crippen LogP contribution >= 0.6 is 11.6 Å². The summed E-state index contributed by atoms with van der Waals surface area (Å²) in [4.78, 5) is 15.9. The van der Waals surface area contributed by atoms with E-state index in [0.717, 1.165) is 11.3 Å². The van der Waals surface area contributed by atoms with Gasteiger partial charge in [0.25, 0.3) is 0 Å². The lowest BCUT2D eigenvalue weighted by Crippen LogP contribution is -2.05. The molecule has 0 saturated carbocycles. The first-order valence-electron chi connectivity index (χ1n) is 8.22. The van der Waals surface area contributed by atoms with Crippen LogP contribution in [0.4, 0.5) is 11.5 Å². The fraction of sp³-hybridized carbons (Fsp3) is 0.211. The summed E-state index contributed by atoms with van der Waals surface area (Å²) in [7, 11) is 0. The highest BCUT2D eigenvalue weighted by Crippen LogP contribution is 2.21. The number of nitrogens with one attached hydrogen (secondary N) is 1. The summed E-state index contributed by atoms with van der Waals surface area (Å²) in [6, 6.07) is 12.9. The number of ketones is 1. The molecule has 2 aromatic heterocycles. The highest BCUT2D eigenvalue weighted by Gasteiger charge is 2.08. The second-order valence-corrected chi connectivity index (χ2v) is 6.40. The molecule has 2 heterocycles. The van der Waals surface area contributed by atoms with Crippen LogP contribution in [0.3, 0.4) is 0 Å². The van der Waals surface area contributed by atoms with Crippen LogP contribution in [0.1, 0.15) is 24.6 Å². The van der Waals surface area contributed by atoms with Gasteiger partial charge in [-0.05, 0) is 61.4 Å². The molecule has 134 valence electrons. The molecule has 0 amide bonds. The third-order valence-corrected chi connectivity index (χ3v) is 4.05. The van der Waals surface area contributed by atoms with Gasteiger partial charge in [-0.3, -0.25) is 0 Å². The maximum absolute atomic E-state index is 11.3. The lowest BCUT2D eigenvalue weighted by Gasteiger charge is -2.11. The second kappa shape index (κ2) is 8.12. The monoisotopic (exact) mass is 370 g/mol. The molecule has 0 aliphatic rings. The van der Waals surface area contributed by atoms with E-state index in [1.54, 1.807) is 36.0 Å². The van der Waals surface area contributed by atoms with Crippen LogP contribution < -0.4 is 5.32 Å². The van der Waals surface area contributed by atoms with Crippen molar-refractivity contribution in [3.8, 4) is 5.82 Å². The summed E-state index contributed by atoms with van der Waals surface area (Å²) >= 11 is 5.92. The van der Waals surface area contributed by atoms with E-state index in [4.69, 9.17) is 11.6 Å². The normalized spacial score (nSPS) is 10.7. The molecule has 0 bridgehead atoms. The van der Waals surface area contributed by atoms with Crippen LogP contribution in [0.2, 0.25) is 5.02 Å². The summed E-state index contributed by atoms with van der Waals surface area (Å²) in [6.45, 7) is 1.45. The zero-order valence-corrected chi connectivity index (χ0v) is 15.1. The highest BCUT2D eigenvalue weighted by molar-refractivity contribution is 6.30. The van der Waals surface area contributed by atoms with Crippen molar-refractivity contribution < 1.29 is 9.90 Å². The summed E-state index contributed by atoms with van der Waals surface area (Å²) in [5.74, 6) is 1.39. The molecule has 2 N–H and O–H groups in total. The molecule has 26 heavy (non-hydrogen) atoms. The molecule has 0 atom stereocenters. The van der Waals surface area contributed by atoms with Crippen LogP contribution in [0.25, 0.3) is 5.82 Å². The van der Waals surface area contributed by atoms with Crippen molar-refractivity contribution in [3.05, 3.63) is 64.9 Å². The number of Topliss-reactive ketones (excluding diaryl/α,β-unsaturated/α-hetero) is 1. The van der Waals surface area contributed by atoms with Gasteiger partial charge >= 0.3 is 0 Å². The third-order valence-electron chi connectivity index (χ3n) is 3.80. The van der Waals surface area contributed by atoms with E-state index in [1.807, 2.05) is 24.3 Å². The Hall–Kier alpha value is -2.70. The number of carbonyl (C=O) groups excluding carboxylic acids is 1. The number of aliphatic hydroxyl groups excluding tert-OH is 1. The predicted molar refractivity (Wildman–Crippen MR) is 101 cm³/mol. The minimum Gasteiger partial charge on any atom is -0.390 e. The number of hydrogen-bond acceptors (Lipinski definition) is 5. The number of aliphatic hydroxyl groups is 1. The number of rotatable bonds is 7. The number of aromatic nitrogens is 3. The van der Waals surface area contributed by atoms with Crippen LogP contribution in [-0.4, -0.2) is 25.7 Å². The number of halogens is 1. The molecule has 7 heteroatoms. The second-order valence-electron chi connectivity index (χ2n) is 5.96. The first kappa shape index (κ1) is 18.1. The first-order chi connectivity index (χ1) is 12.5. The molecular formula is C19H19ClN4O2. The quantitative estimate of drug-likeness (QED) is 0.663. The number of aryl methyl sites for hydroxylation is 1. The molecule has 0 spiro atoms. The van der Waals surface area contributed by atoms with Crippen LogP contribution in [0, 0.1) is 0 Å². The zero-order valence-electron chi connectivity index (χ0n) is 14.3. The number of hydrogen-bond donors (Lipinski definition) is 2. The van der Waals surface area contributed by atoms with Gasteiger partial charge in [0.1, 0.15) is 11.6 Å². The summed E-state index contributed by atoms with van der Waals surface area (Å²) in [6.07, 6.45) is 2.83. The largest absolute Gasteiger partial charge is 0.390 e. The smallest absolute Gasteiger partial charge is 0.155 e. The van der Waals surface area contributed by atoms with E-state index in [-0.39, 0.29) is 12.4 Å². The van der Waals surface area contributed by atoms with Gasteiger partial charge in [-0.15, -0.1) is 0 Å². The van der Waals surface area contributed by atoms with E-state index in [2.05, 4.69) is 15.4 Å². The molecule has 0 saturated heterocycles. The number of pyridine rings is 1. The van der Waals surface area contributed by atoms with Crippen molar-refractivity contribution in [3.63, 3.8) is 0 Å². The third kappa shape index (κ3) is 4.68. The van der Waals surface area contributed by atoms with Gasteiger partial charge < -0.3 is 15.2 Å². The molecular weight excluding hydrogens is 352 g/mol. The topological polar surface area (TPSA) is 80.0 Å². The number of carbonyl (C=O) groups is 1. The maximum atomic E-state index is 11.3. The fourth-order valence-corrected chi connectivity index (χ4v) is 2.60. The van der Waals surface area contributed by atoms with E-state index in [9.17, 15) is 9.90 Å². The molecule has 0 aliphatic heterocycles. The number of anilines is 2. The van der Waals surface area contributed by atoms with E-state index >= 15 is 0 Å². The van der Waals surface area contributed by atoms with Crippen molar-refractivity contribution in [1.82, 2.24) is 14.8 Å². The number of benzene rings is 1. The van der Waals surface area contributed by atoms with Gasteiger partial charge in [0.15, 0.2) is 5.82 Å². The molecule has 3 rings (SSSR count). The van der Waals surface area contributed by atoms with Gasteiger partial charge in [-0.2, -0.15) is 5.10 Å². The van der Waals surface area contributed by atoms with Gasteiger partial charge in [-0.1, -0.05) is 11.6 Å². The predicted octanol–water partition coefficient (Wildman–Crippen LogP) is 3.68. The summed E-state index contributed by atoms with van der Waals surface area (Å²) in [5.41, 5.74) is 2.39. The molecule has 0 unspecified atom stereocenters. The van der Waals surface area contributed by atoms with Crippen molar-refractivity contribution in [1.29, 1.82) is 0 Å². The molecule has 0 aliphatic carbocycles. The Kier molecular flexibility index (Phi) is 5.65. The maximum Gasteiger partial charge on any atom is 0.155 e. The Bertz CT molecular complexity index is 906. The Morgan fingerprint density at radius 2 is 2.00 bits per heavy atom. The van der Waals surface area contributed by atoms with E-state index in [0.29, 0.717) is 35.2 Å². The fourth-order valence-electron chi connectivity index (χ4n) is 2.47. The average Bonchev–Trinajstić information content (AvgIpc) is 3.11. The molecule has 0 fully saturated rings. The SMILES string of the molecule is CC(=O)CCc1cc(Nc2ccc(Cl)cc2)nc(-n2ccc(CO)n2)c1. The minimum absolute atomic E-state index is 0.132. The summed E-state index contributed by atoms with van der Waals surface area (Å²) < 4.78 is 1.61. The minimum atomic E-state index is -0.132. The van der Waals surface area contributed by atoms with Crippen molar-refractivity contribution in [2.45, 2.75) is 26.4 Å². The number of nitrogens with zero attached hydrogens (tertiary/aromatic N) is 3. The lowest BCUT2D eigenvalue weighted by molar-refractivity contribution is -0.116. The van der Waals surface area contributed by atoms with Crippen LogP contribution in [-0.2, 0) is 17.8 Å². The van der Waals surface area contributed by atoms with E-state index < -0.39 is 0 Å². The first-order valence-corrected chi connectivity index (χ1v) is 8.60. The lowest BCUT2D eigenvalue weighted by atomic mass is 10.1. The van der Waals surface area contributed by atoms with E-state index in [1.165, 1.54) is 0 Å². The average molecular weight is 371 g/mol. The van der Waals surface area contributed by atoms with Crippen molar-refractivity contribution in [2.24, 2.45) is 0 Å². The Morgan fingerprint density at radius 3 is 2.65 bits per heavy atom. The van der Waals surface area contributed by atoms with Gasteiger partial charge in [0.05, 0.1) is 12.3 Å². The molecule has 1 aromatic carbocycles. The Morgan fingerprint density at radius 1 is 1.23 bits per heavy atom. The summed E-state index contributed by atoms with van der Waals surface area (Å²) in [5, 5.41) is 17.4. The van der Waals surface area contributed by atoms with Crippen molar-refractivity contribution >= 4 is 28.9 Å². The van der Waals surface area contributed by atoms with Crippen LogP contribution in [0.15, 0.2) is 48.7 Å². The van der Waals surface area contributed by atoms with Crippen molar-refractivity contribution in [2.75, 3.05) is 5.32 Å². The Balaban J connectivity index is 1.93. The molecule has 3 aromatic rings. The Labute approximate surface area is 156 Å². The standard InChI is InChI=1S/C19H19ClN4O2/c1-13(26)2-3-14-10-18(21-16-6-4-15(20)5-7-16)22-19(11-14)24-9-8-17(12-25)23-24/h4-11,25H,2-3,12H2,1H3,(H,21,22).